The highest BCUT2D eigenvalue weighted by Gasteiger charge is 2.11. The van der Waals surface area contributed by atoms with Crippen molar-refractivity contribution in [2.45, 2.75) is 6.61 Å². The molecule has 0 unspecified atom stereocenters. The number of hydrogen-bond acceptors (Lipinski definition) is 4. The fourth-order valence-corrected chi connectivity index (χ4v) is 2.06. The normalized spacial score (nSPS) is 10.5. The molecule has 0 saturated carbocycles. The Morgan fingerprint density at radius 1 is 1.13 bits per heavy atom. The Bertz CT molecular complexity index is 813. The molecule has 4 nitrogen and oxygen atoms in total. The van der Waals surface area contributed by atoms with Crippen molar-refractivity contribution in [1.29, 1.82) is 0 Å². The molecule has 116 valence electrons. The van der Waals surface area contributed by atoms with E-state index in [-0.39, 0.29) is 12.2 Å². The number of carbonyl (C=O) groups is 1. The third-order valence-corrected chi connectivity index (χ3v) is 3.37. The van der Waals surface area contributed by atoms with Gasteiger partial charge >= 0.3 is 5.97 Å². The molecule has 0 fully saturated rings. The summed E-state index contributed by atoms with van der Waals surface area (Å²) in [5.74, 6) is -0.416. The molecule has 3 rings (SSSR count). The van der Waals surface area contributed by atoms with Gasteiger partial charge in [0.15, 0.2) is 5.76 Å². The fourth-order valence-electron chi connectivity index (χ4n) is 1.94. The second kappa shape index (κ2) is 6.62. The summed E-state index contributed by atoms with van der Waals surface area (Å²) in [4.78, 5) is 11.8. The largest absolute Gasteiger partial charge is 0.455 e. The Morgan fingerprint density at radius 3 is 2.52 bits per heavy atom. The van der Waals surface area contributed by atoms with Crippen LogP contribution < -0.4 is 0 Å². The molecular formula is C17H11ClFNO3. The van der Waals surface area contributed by atoms with E-state index in [2.05, 4.69) is 5.16 Å². The quantitative estimate of drug-likeness (QED) is 0.661. The summed E-state index contributed by atoms with van der Waals surface area (Å²) in [6.07, 6.45) is 0. The summed E-state index contributed by atoms with van der Waals surface area (Å²) < 4.78 is 23.1. The third-order valence-electron chi connectivity index (χ3n) is 3.12. The zero-order valence-corrected chi connectivity index (χ0v) is 12.6. The van der Waals surface area contributed by atoms with Gasteiger partial charge in [-0.15, -0.1) is 0 Å². The lowest BCUT2D eigenvalue weighted by molar-refractivity contribution is 0.0464. The van der Waals surface area contributed by atoms with Gasteiger partial charge in [-0.2, -0.15) is 0 Å². The lowest BCUT2D eigenvalue weighted by atomic mass is 10.2. The van der Waals surface area contributed by atoms with Gasteiger partial charge in [0.05, 0.1) is 5.56 Å². The second-order valence-corrected chi connectivity index (χ2v) is 5.21. The van der Waals surface area contributed by atoms with Crippen molar-refractivity contribution in [3.8, 4) is 11.3 Å². The molecule has 0 N–H and O–H groups in total. The number of nitrogens with zero attached hydrogens (tertiary/aromatic N) is 1. The average molecular weight is 332 g/mol. The molecule has 0 amide bonds. The van der Waals surface area contributed by atoms with Crippen LogP contribution in [0, 0.1) is 5.82 Å². The van der Waals surface area contributed by atoms with Gasteiger partial charge in [-0.05, 0) is 48.5 Å². The van der Waals surface area contributed by atoms with Crippen LogP contribution in [0.5, 0.6) is 0 Å². The fraction of sp³-hybridized carbons (Fsp3) is 0.0588. The number of rotatable bonds is 4. The standard InChI is InChI=1S/C17H11ClFNO3/c18-13-5-1-11(2-6-13)16-9-15(20-23-16)10-22-17(21)12-3-7-14(19)8-4-12/h1-9H,10H2. The van der Waals surface area contributed by atoms with Gasteiger partial charge in [-0.25, -0.2) is 9.18 Å². The van der Waals surface area contributed by atoms with Crippen LogP contribution in [-0.4, -0.2) is 11.1 Å². The first kappa shape index (κ1) is 15.2. The lowest BCUT2D eigenvalue weighted by Crippen LogP contribution is -2.05. The van der Waals surface area contributed by atoms with Crippen LogP contribution in [0.25, 0.3) is 11.3 Å². The third kappa shape index (κ3) is 3.76. The summed E-state index contributed by atoms with van der Waals surface area (Å²) in [6, 6.07) is 13.9. The zero-order valence-electron chi connectivity index (χ0n) is 11.8. The Balaban J connectivity index is 1.64. The van der Waals surface area contributed by atoms with E-state index in [0.717, 1.165) is 5.56 Å². The maximum absolute atomic E-state index is 12.8. The van der Waals surface area contributed by atoms with Crippen LogP contribution in [0.15, 0.2) is 59.1 Å². The van der Waals surface area contributed by atoms with Crippen molar-refractivity contribution in [2.24, 2.45) is 0 Å². The average Bonchev–Trinajstić information content (AvgIpc) is 3.03. The Morgan fingerprint density at radius 2 is 1.83 bits per heavy atom. The van der Waals surface area contributed by atoms with Crippen molar-refractivity contribution in [2.75, 3.05) is 0 Å². The molecule has 0 aliphatic rings. The monoisotopic (exact) mass is 331 g/mol. The summed E-state index contributed by atoms with van der Waals surface area (Å²) in [5.41, 5.74) is 1.57. The van der Waals surface area contributed by atoms with E-state index < -0.39 is 11.8 Å². The zero-order chi connectivity index (χ0) is 16.2. The number of ether oxygens (including phenoxy) is 1. The molecular weight excluding hydrogens is 321 g/mol. The number of esters is 1. The van der Waals surface area contributed by atoms with Crippen molar-refractivity contribution in [3.05, 3.63) is 76.7 Å². The molecule has 6 heteroatoms. The van der Waals surface area contributed by atoms with Gasteiger partial charge in [-0.1, -0.05) is 16.8 Å². The molecule has 0 aliphatic carbocycles. The van der Waals surface area contributed by atoms with E-state index in [0.29, 0.717) is 16.5 Å². The summed E-state index contributed by atoms with van der Waals surface area (Å²) >= 11 is 5.83. The summed E-state index contributed by atoms with van der Waals surface area (Å²) in [6.45, 7) is -0.0344. The predicted octanol–water partition coefficient (Wildman–Crippen LogP) is 4.49. The number of benzene rings is 2. The molecule has 0 bridgehead atoms. The summed E-state index contributed by atoms with van der Waals surface area (Å²) in [5, 5.41) is 4.48. The van der Waals surface area contributed by atoms with Crippen LogP contribution in [0.1, 0.15) is 16.1 Å². The molecule has 1 heterocycles. The second-order valence-electron chi connectivity index (χ2n) is 4.77. The maximum Gasteiger partial charge on any atom is 0.338 e. The minimum atomic E-state index is -0.555. The van der Waals surface area contributed by atoms with Crippen LogP contribution in [0.4, 0.5) is 4.39 Å². The molecule has 0 atom stereocenters. The maximum atomic E-state index is 12.8. The van der Waals surface area contributed by atoms with Gasteiger partial charge in [0.1, 0.15) is 18.1 Å². The van der Waals surface area contributed by atoms with Gasteiger partial charge < -0.3 is 9.26 Å². The highest BCUT2D eigenvalue weighted by atomic mass is 35.5. The highest BCUT2D eigenvalue weighted by Crippen LogP contribution is 2.22. The Hall–Kier alpha value is -2.66. The molecule has 3 aromatic rings. The van der Waals surface area contributed by atoms with E-state index in [1.54, 1.807) is 30.3 Å². The molecule has 0 aliphatic heterocycles. The SMILES string of the molecule is O=C(OCc1cc(-c2ccc(Cl)cc2)on1)c1ccc(F)cc1. The number of carbonyl (C=O) groups excluding carboxylic acids is 1. The van der Waals surface area contributed by atoms with E-state index in [1.165, 1.54) is 24.3 Å². The van der Waals surface area contributed by atoms with Gasteiger partial charge in [-0.3, -0.25) is 0 Å². The first-order chi connectivity index (χ1) is 11.1. The Labute approximate surface area is 136 Å². The van der Waals surface area contributed by atoms with Crippen molar-refractivity contribution < 1.29 is 18.4 Å². The first-order valence-electron chi connectivity index (χ1n) is 6.76. The van der Waals surface area contributed by atoms with Crippen molar-refractivity contribution in [3.63, 3.8) is 0 Å². The lowest BCUT2D eigenvalue weighted by Gasteiger charge is -2.01. The Kier molecular flexibility index (Phi) is 4.39. The summed E-state index contributed by atoms with van der Waals surface area (Å²) in [7, 11) is 0. The van der Waals surface area contributed by atoms with Gasteiger partial charge in [0.25, 0.3) is 0 Å². The minimum absolute atomic E-state index is 0.0344. The minimum Gasteiger partial charge on any atom is -0.455 e. The van der Waals surface area contributed by atoms with Crippen LogP contribution >= 0.6 is 11.6 Å². The molecule has 23 heavy (non-hydrogen) atoms. The molecule has 1 aromatic heterocycles. The highest BCUT2D eigenvalue weighted by molar-refractivity contribution is 6.30. The molecule has 0 saturated heterocycles. The van der Waals surface area contributed by atoms with Crippen LogP contribution in [0.3, 0.4) is 0 Å². The smallest absolute Gasteiger partial charge is 0.338 e. The van der Waals surface area contributed by atoms with E-state index in [9.17, 15) is 9.18 Å². The molecule has 0 radical (unpaired) electrons. The van der Waals surface area contributed by atoms with Crippen LogP contribution in [-0.2, 0) is 11.3 Å². The number of halogens is 2. The number of hydrogen-bond donors (Lipinski definition) is 0. The van der Waals surface area contributed by atoms with E-state index in [1.807, 2.05) is 0 Å². The van der Waals surface area contributed by atoms with Crippen molar-refractivity contribution >= 4 is 17.6 Å². The molecule has 2 aromatic carbocycles. The van der Waals surface area contributed by atoms with Crippen molar-refractivity contribution in [1.82, 2.24) is 5.16 Å². The predicted molar refractivity (Wildman–Crippen MR) is 82.5 cm³/mol. The topological polar surface area (TPSA) is 52.3 Å². The van der Waals surface area contributed by atoms with E-state index in [4.69, 9.17) is 20.9 Å². The van der Waals surface area contributed by atoms with Gasteiger partial charge in [0, 0.05) is 16.7 Å². The number of aromatic nitrogens is 1. The first-order valence-corrected chi connectivity index (χ1v) is 7.14. The van der Waals surface area contributed by atoms with Gasteiger partial charge in [0.2, 0.25) is 0 Å². The van der Waals surface area contributed by atoms with E-state index >= 15 is 0 Å². The molecule has 0 spiro atoms. The van der Waals surface area contributed by atoms with Crippen LogP contribution in [0.2, 0.25) is 5.02 Å².